The molecule has 7 heteroatoms. The molecule has 7 nitrogen and oxygen atoms in total. The lowest BCUT2D eigenvalue weighted by Gasteiger charge is -2.32. The first kappa shape index (κ1) is 18.6. The maximum atomic E-state index is 5.72. The average molecular weight is 401 g/mol. The number of fused-ring (bicyclic) bond motifs is 1. The number of nitrogens with one attached hydrogen (secondary N) is 1. The van der Waals surface area contributed by atoms with Crippen LogP contribution in [0, 0.1) is 6.92 Å². The Morgan fingerprint density at radius 3 is 2.70 bits per heavy atom. The third kappa shape index (κ3) is 3.59. The molecule has 0 radical (unpaired) electrons. The summed E-state index contributed by atoms with van der Waals surface area (Å²) in [5, 5.41) is 4.24. The highest BCUT2D eigenvalue weighted by molar-refractivity contribution is 5.54. The van der Waals surface area contributed by atoms with Crippen molar-refractivity contribution in [2.45, 2.75) is 32.5 Å². The molecule has 2 aromatic heterocycles. The molecule has 0 bridgehead atoms. The van der Waals surface area contributed by atoms with Crippen LogP contribution in [0.25, 0.3) is 11.4 Å². The molecular weight excluding hydrogens is 378 g/mol. The van der Waals surface area contributed by atoms with Crippen molar-refractivity contribution in [2.75, 3.05) is 7.11 Å². The van der Waals surface area contributed by atoms with Crippen LogP contribution in [0.3, 0.4) is 0 Å². The SMILES string of the molecule is COc1ccc(CN2Cc3[nH]cnc3CC2c2nc(-c3ccc(C)cc3)no2)cc1. The van der Waals surface area contributed by atoms with Crippen LogP contribution in [0.15, 0.2) is 59.4 Å². The number of ether oxygens (including phenoxy) is 1. The van der Waals surface area contributed by atoms with E-state index in [1.165, 1.54) is 11.1 Å². The van der Waals surface area contributed by atoms with Crippen LogP contribution in [0.2, 0.25) is 0 Å². The Balaban J connectivity index is 1.44. The lowest BCUT2D eigenvalue weighted by molar-refractivity contribution is 0.128. The predicted molar refractivity (Wildman–Crippen MR) is 112 cm³/mol. The van der Waals surface area contributed by atoms with Crippen molar-refractivity contribution in [2.24, 2.45) is 0 Å². The van der Waals surface area contributed by atoms with Crippen LogP contribution in [0.5, 0.6) is 5.75 Å². The second-order valence-electron chi connectivity index (χ2n) is 7.62. The fourth-order valence-electron chi connectivity index (χ4n) is 3.85. The number of aromatic amines is 1. The molecule has 0 spiro atoms. The molecule has 1 N–H and O–H groups in total. The summed E-state index contributed by atoms with van der Waals surface area (Å²) in [5.74, 6) is 2.08. The summed E-state index contributed by atoms with van der Waals surface area (Å²) in [5.41, 5.74) is 5.54. The molecule has 1 atom stereocenters. The summed E-state index contributed by atoms with van der Waals surface area (Å²) >= 11 is 0. The number of aromatic nitrogens is 4. The van der Waals surface area contributed by atoms with Gasteiger partial charge in [-0.1, -0.05) is 47.1 Å². The van der Waals surface area contributed by atoms with Crippen molar-refractivity contribution < 1.29 is 9.26 Å². The fourth-order valence-corrected chi connectivity index (χ4v) is 3.85. The molecule has 0 fully saturated rings. The summed E-state index contributed by atoms with van der Waals surface area (Å²) in [6, 6.07) is 16.3. The Hall–Kier alpha value is -3.45. The molecule has 0 saturated heterocycles. The third-order valence-electron chi connectivity index (χ3n) is 5.58. The number of nitrogens with zero attached hydrogens (tertiary/aromatic N) is 4. The highest BCUT2D eigenvalue weighted by Gasteiger charge is 2.33. The summed E-state index contributed by atoms with van der Waals surface area (Å²) in [6.45, 7) is 3.57. The summed E-state index contributed by atoms with van der Waals surface area (Å²) in [4.78, 5) is 14.8. The van der Waals surface area contributed by atoms with Gasteiger partial charge < -0.3 is 14.2 Å². The first-order chi connectivity index (χ1) is 14.7. The summed E-state index contributed by atoms with van der Waals surface area (Å²) in [7, 11) is 1.68. The van der Waals surface area contributed by atoms with Crippen LogP contribution in [0.1, 0.15) is 34.4 Å². The van der Waals surface area contributed by atoms with Crippen molar-refractivity contribution in [3.8, 4) is 17.1 Å². The molecule has 1 unspecified atom stereocenters. The Labute approximate surface area is 174 Å². The Bertz CT molecular complexity index is 1130. The van der Waals surface area contributed by atoms with Gasteiger partial charge in [-0.2, -0.15) is 4.98 Å². The quantitative estimate of drug-likeness (QED) is 0.543. The van der Waals surface area contributed by atoms with Crippen LogP contribution < -0.4 is 4.74 Å². The van der Waals surface area contributed by atoms with Crippen molar-refractivity contribution in [3.63, 3.8) is 0 Å². The minimum Gasteiger partial charge on any atom is -0.497 e. The van der Waals surface area contributed by atoms with E-state index in [1.54, 1.807) is 13.4 Å². The Morgan fingerprint density at radius 1 is 1.13 bits per heavy atom. The fraction of sp³-hybridized carbons (Fsp3) is 0.261. The molecule has 4 aromatic rings. The smallest absolute Gasteiger partial charge is 0.244 e. The second-order valence-corrected chi connectivity index (χ2v) is 7.62. The van der Waals surface area contributed by atoms with E-state index in [2.05, 4.69) is 51.2 Å². The lowest BCUT2D eigenvalue weighted by Crippen LogP contribution is -2.34. The number of aryl methyl sites for hydroxylation is 1. The van der Waals surface area contributed by atoms with E-state index in [-0.39, 0.29) is 6.04 Å². The molecule has 30 heavy (non-hydrogen) atoms. The third-order valence-corrected chi connectivity index (χ3v) is 5.58. The number of rotatable bonds is 5. The highest BCUT2D eigenvalue weighted by Crippen LogP contribution is 2.33. The van der Waals surface area contributed by atoms with Crippen LogP contribution in [-0.2, 0) is 19.5 Å². The topological polar surface area (TPSA) is 80.1 Å². The average Bonchev–Trinajstić information content (AvgIpc) is 3.43. The van der Waals surface area contributed by atoms with Gasteiger partial charge >= 0.3 is 0 Å². The van der Waals surface area contributed by atoms with Gasteiger partial charge in [0, 0.05) is 25.1 Å². The number of benzene rings is 2. The number of imidazole rings is 1. The van der Waals surface area contributed by atoms with Crippen molar-refractivity contribution in [1.82, 2.24) is 25.0 Å². The van der Waals surface area contributed by atoms with Crippen LogP contribution in [0.4, 0.5) is 0 Å². The lowest BCUT2D eigenvalue weighted by atomic mass is 10.0. The van der Waals surface area contributed by atoms with E-state index in [0.717, 1.165) is 42.2 Å². The molecule has 0 aliphatic carbocycles. The van der Waals surface area contributed by atoms with E-state index < -0.39 is 0 Å². The number of methoxy groups -OCH3 is 1. The molecule has 0 amide bonds. The van der Waals surface area contributed by atoms with Gasteiger partial charge in [-0.3, -0.25) is 4.90 Å². The first-order valence-electron chi connectivity index (χ1n) is 9.98. The molecule has 152 valence electrons. The largest absolute Gasteiger partial charge is 0.497 e. The first-order valence-corrected chi connectivity index (χ1v) is 9.98. The second kappa shape index (κ2) is 7.76. The van der Waals surface area contributed by atoms with Gasteiger partial charge in [-0.25, -0.2) is 4.98 Å². The summed E-state index contributed by atoms with van der Waals surface area (Å²) < 4.78 is 11.0. The minimum absolute atomic E-state index is 0.0328. The number of hydrogen-bond donors (Lipinski definition) is 1. The van der Waals surface area contributed by atoms with Gasteiger partial charge in [0.15, 0.2) is 0 Å². The van der Waals surface area contributed by atoms with E-state index in [4.69, 9.17) is 14.2 Å². The maximum Gasteiger partial charge on any atom is 0.244 e. The predicted octanol–water partition coefficient (Wildman–Crippen LogP) is 4.08. The van der Waals surface area contributed by atoms with Crippen LogP contribution >= 0.6 is 0 Å². The monoisotopic (exact) mass is 401 g/mol. The van der Waals surface area contributed by atoms with Crippen molar-refractivity contribution >= 4 is 0 Å². The van der Waals surface area contributed by atoms with Gasteiger partial charge in [0.25, 0.3) is 0 Å². The normalized spacial score (nSPS) is 16.4. The molecule has 3 heterocycles. The molecular formula is C23H23N5O2. The standard InChI is InChI=1S/C23H23N5O2/c1-15-3-7-17(8-4-15)22-26-23(30-27-22)21-11-19-20(25-14-24-19)13-28(21)12-16-5-9-18(29-2)10-6-16/h3-10,14,21H,11-13H2,1-2H3,(H,24,25). The zero-order valence-electron chi connectivity index (χ0n) is 17.0. The van der Waals surface area contributed by atoms with Gasteiger partial charge in [0.05, 0.1) is 30.9 Å². The molecule has 0 saturated carbocycles. The van der Waals surface area contributed by atoms with Gasteiger partial charge in [-0.05, 0) is 24.6 Å². The van der Waals surface area contributed by atoms with E-state index in [9.17, 15) is 0 Å². The zero-order chi connectivity index (χ0) is 20.5. The van der Waals surface area contributed by atoms with E-state index in [1.807, 2.05) is 24.3 Å². The Kier molecular flexibility index (Phi) is 4.80. The van der Waals surface area contributed by atoms with Gasteiger partial charge in [-0.15, -0.1) is 0 Å². The van der Waals surface area contributed by atoms with Gasteiger partial charge in [0.1, 0.15) is 5.75 Å². The summed E-state index contributed by atoms with van der Waals surface area (Å²) in [6.07, 6.45) is 2.48. The van der Waals surface area contributed by atoms with Crippen molar-refractivity contribution in [1.29, 1.82) is 0 Å². The van der Waals surface area contributed by atoms with Crippen LogP contribution in [-0.4, -0.2) is 32.1 Å². The molecule has 5 rings (SSSR count). The van der Waals surface area contributed by atoms with Gasteiger partial charge in [0.2, 0.25) is 11.7 Å². The zero-order valence-corrected chi connectivity index (χ0v) is 17.0. The van der Waals surface area contributed by atoms with E-state index in [0.29, 0.717) is 11.7 Å². The molecule has 1 aliphatic rings. The minimum atomic E-state index is -0.0328. The highest BCUT2D eigenvalue weighted by atomic mass is 16.5. The maximum absolute atomic E-state index is 5.72. The molecule has 2 aromatic carbocycles. The molecule has 1 aliphatic heterocycles. The Morgan fingerprint density at radius 2 is 1.93 bits per heavy atom. The number of H-pyrrole nitrogens is 1. The number of hydrogen-bond acceptors (Lipinski definition) is 6. The van der Waals surface area contributed by atoms with Crippen molar-refractivity contribution in [3.05, 3.63) is 83.3 Å². The van der Waals surface area contributed by atoms with E-state index >= 15 is 0 Å².